The molecule has 17 heavy (non-hydrogen) atoms. The molecule has 0 spiro atoms. The van der Waals surface area contributed by atoms with E-state index >= 15 is 0 Å². The molecule has 0 bridgehead atoms. The smallest absolute Gasteiger partial charge is 0.310 e. The Balaban J connectivity index is 1.84. The van der Waals surface area contributed by atoms with Crippen LogP contribution in [0.2, 0.25) is 0 Å². The normalized spacial score (nSPS) is 22.4. The fraction of sp³-hybridized carbons (Fsp3) is 0.846. The van der Waals surface area contributed by atoms with Gasteiger partial charge in [-0.05, 0) is 31.6 Å². The molecule has 0 saturated heterocycles. The maximum Gasteiger partial charge on any atom is 0.310 e. The summed E-state index contributed by atoms with van der Waals surface area (Å²) >= 11 is 0. The van der Waals surface area contributed by atoms with Gasteiger partial charge in [0.15, 0.2) is 0 Å². The molecule has 1 amide bonds. The SMILES string of the molecule is CN(CC1CCC1)C(=O)CC1(C(=O)O)CCC1. The summed E-state index contributed by atoms with van der Waals surface area (Å²) in [4.78, 5) is 24.9. The van der Waals surface area contributed by atoms with Gasteiger partial charge in [-0.2, -0.15) is 0 Å². The third-order valence-electron chi connectivity index (χ3n) is 4.44. The predicted octanol–water partition coefficient (Wildman–Crippen LogP) is 1.89. The van der Waals surface area contributed by atoms with Crippen LogP contribution in [-0.4, -0.2) is 35.5 Å². The number of hydrogen-bond acceptors (Lipinski definition) is 2. The third-order valence-corrected chi connectivity index (χ3v) is 4.44. The number of amides is 1. The lowest BCUT2D eigenvalue weighted by Crippen LogP contribution is -2.44. The Labute approximate surface area is 102 Å². The van der Waals surface area contributed by atoms with Gasteiger partial charge < -0.3 is 10.0 Å². The van der Waals surface area contributed by atoms with Crippen LogP contribution in [0.1, 0.15) is 44.9 Å². The lowest BCUT2D eigenvalue weighted by Gasteiger charge is -2.38. The average Bonchev–Trinajstić information content (AvgIpc) is 2.15. The summed E-state index contributed by atoms with van der Waals surface area (Å²) < 4.78 is 0. The minimum atomic E-state index is -0.797. The summed E-state index contributed by atoms with van der Waals surface area (Å²) in [6.45, 7) is 0.800. The van der Waals surface area contributed by atoms with E-state index in [0.717, 1.165) is 13.0 Å². The number of carboxylic acid groups (broad SMARTS) is 1. The van der Waals surface area contributed by atoms with E-state index in [4.69, 9.17) is 0 Å². The Hall–Kier alpha value is -1.06. The molecule has 4 heteroatoms. The quantitative estimate of drug-likeness (QED) is 0.797. The molecule has 0 heterocycles. The standard InChI is InChI=1S/C13H21NO3/c1-14(9-10-4-2-5-10)11(15)8-13(12(16)17)6-3-7-13/h10H,2-9H2,1H3,(H,16,17). The highest BCUT2D eigenvalue weighted by molar-refractivity contribution is 5.85. The van der Waals surface area contributed by atoms with Crippen molar-refractivity contribution < 1.29 is 14.7 Å². The molecule has 0 aromatic heterocycles. The van der Waals surface area contributed by atoms with Crippen molar-refractivity contribution in [3.8, 4) is 0 Å². The van der Waals surface area contributed by atoms with Crippen LogP contribution < -0.4 is 0 Å². The lowest BCUT2D eigenvalue weighted by molar-refractivity contribution is -0.159. The molecule has 0 aromatic rings. The molecule has 4 nitrogen and oxygen atoms in total. The van der Waals surface area contributed by atoms with Gasteiger partial charge in [0.1, 0.15) is 0 Å². The second kappa shape index (κ2) is 4.67. The summed E-state index contributed by atoms with van der Waals surface area (Å²) in [6, 6.07) is 0. The maximum atomic E-state index is 12.0. The molecule has 2 aliphatic carbocycles. The Bertz CT molecular complexity index is 319. The van der Waals surface area contributed by atoms with Gasteiger partial charge in [-0.25, -0.2) is 0 Å². The average molecular weight is 239 g/mol. The second-order valence-corrected chi connectivity index (χ2v) is 5.69. The van der Waals surface area contributed by atoms with E-state index in [1.54, 1.807) is 11.9 Å². The van der Waals surface area contributed by atoms with E-state index < -0.39 is 11.4 Å². The fourth-order valence-corrected chi connectivity index (χ4v) is 2.66. The summed E-state index contributed by atoms with van der Waals surface area (Å²) in [5, 5.41) is 9.18. The Morgan fingerprint density at radius 2 is 1.94 bits per heavy atom. The molecule has 1 N–H and O–H groups in total. The van der Waals surface area contributed by atoms with Crippen molar-refractivity contribution in [2.75, 3.05) is 13.6 Å². The molecule has 96 valence electrons. The highest BCUT2D eigenvalue weighted by Crippen LogP contribution is 2.44. The molecule has 2 aliphatic rings. The van der Waals surface area contributed by atoms with Gasteiger partial charge in [0.25, 0.3) is 0 Å². The van der Waals surface area contributed by atoms with Crippen molar-refractivity contribution in [2.24, 2.45) is 11.3 Å². The number of rotatable bonds is 5. The number of nitrogens with zero attached hydrogens (tertiary/aromatic N) is 1. The summed E-state index contributed by atoms with van der Waals surface area (Å²) in [7, 11) is 1.80. The van der Waals surface area contributed by atoms with Crippen molar-refractivity contribution in [1.82, 2.24) is 4.90 Å². The van der Waals surface area contributed by atoms with Crippen molar-refractivity contribution >= 4 is 11.9 Å². The first-order valence-corrected chi connectivity index (χ1v) is 6.51. The van der Waals surface area contributed by atoms with Gasteiger partial charge in [-0.1, -0.05) is 12.8 Å². The molecule has 0 aromatic carbocycles. The Morgan fingerprint density at radius 1 is 1.29 bits per heavy atom. The molecular weight excluding hydrogens is 218 g/mol. The molecular formula is C13H21NO3. The molecule has 0 aliphatic heterocycles. The molecule has 2 rings (SSSR count). The first-order valence-electron chi connectivity index (χ1n) is 6.51. The second-order valence-electron chi connectivity index (χ2n) is 5.69. The largest absolute Gasteiger partial charge is 0.481 e. The fourth-order valence-electron chi connectivity index (χ4n) is 2.66. The molecule has 0 atom stereocenters. The van der Waals surface area contributed by atoms with E-state index in [1.165, 1.54) is 19.3 Å². The number of carbonyl (C=O) groups is 2. The molecule has 0 unspecified atom stereocenters. The number of aliphatic carboxylic acids is 1. The summed E-state index contributed by atoms with van der Waals surface area (Å²) in [5.41, 5.74) is -0.745. The topological polar surface area (TPSA) is 57.6 Å². The zero-order valence-electron chi connectivity index (χ0n) is 10.4. The maximum absolute atomic E-state index is 12.0. The number of carboxylic acids is 1. The zero-order valence-corrected chi connectivity index (χ0v) is 10.4. The van der Waals surface area contributed by atoms with Crippen molar-refractivity contribution in [3.63, 3.8) is 0 Å². The highest BCUT2D eigenvalue weighted by atomic mass is 16.4. The first kappa shape index (κ1) is 12.4. The van der Waals surface area contributed by atoms with Gasteiger partial charge in [0, 0.05) is 20.0 Å². The van der Waals surface area contributed by atoms with Crippen LogP contribution in [0.3, 0.4) is 0 Å². The molecule has 2 saturated carbocycles. The van der Waals surface area contributed by atoms with Crippen molar-refractivity contribution in [3.05, 3.63) is 0 Å². The van der Waals surface area contributed by atoms with Gasteiger partial charge in [0.2, 0.25) is 5.91 Å². The van der Waals surface area contributed by atoms with Gasteiger partial charge in [0.05, 0.1) is 5.41 Å². The van der Waals surface area contributed by atoms with Gasteiger partial charge >= 0.3 is 5.97 Å². The molecule has 2 fully saturated rings. The minimum Gasteiger partial charge on any atom is -0.481 e. The van der Waals surface area contributed by atoms with Crippen LogP contribution in [0, 0.1) is 11.3 Å². The minimum absolute atomic E-state index is 0.000926. The van der Waals surface area contributed by atoms with Gasteiger partial charge in [-0.15, -0.1) is 0 Å². The highest BCUT2D eigenvalue weighted by Gasteiger charge is 2.46. The van der Waals surface area contributed by atoms with Crippen LogP contribution in [0.4, 0.5) is 0 Å². The zero-order chi connectivity index (χ0) is 12.5. The number of carbonyl (C=O) groups excluding carboxylic acids is 1. The van der Waals surface area contributed by atoms with E-state index in [-0.39, 0.29) is 12.3 Å². The Morgan fingerprint density at radius 3 is 2.29 bits per heavy atom. The van der Waals surface area contributed by atoms with Crippen molar-refractivity contribution in [1.29, 1.82) is 0 Å². The predicted molar refractivity (Wildman–Crippen MR) is 63.5 cm³/mol. The van der Waals surface area contributed by atoms with Crippen LogP contribution in [-0.2, 0) is 9.59 Å². The lowest BCUT2D eigenvalue weighted by atomic mass is 9.66. The van der Waals surface area contributed by atoms with Crippen LogP contribution in [0.25, 0.3) is 0 Å². The van der Waals surface area contributed by atoms with Crippen LogP contribution in [0.15, 0.2) is 0 Å². The van der Waals surface area contributed by atoms with E-state index in [0.29, 0.717) is 18.8 Å². The van der Waals surface area contributed by atoms with Crippen LogP contribution in [0.5, 0.6) is 0 Å². The van der Waals surface area contributed by atoms with Crippen molar-refractivity contribution in [2.45, 2.75) is 44.9 Å². The van der Waals surface area contributed by atoms with E-state index in [2.05, 4.69) is 0 Å². The summed E-state index contributed by atoms with van der Waals surface area (Å²) in [6.07, 6.45) is 6.13. The van der Waals surface area contributed by atoms with Crippen LogP contribution >= 0.6 is 0 Å². The van der Waals surface area contributed by atoms with Gasteiger partial charge in [-0.3, -0.25) is 9.59 Å². The monoisotopic (exact) mass is 239 g/mol. The van der Waals surface area contributed by atoms with E-state index in [1.807, 2.05) is 0 Å². The van der Waals surface area contributed by atoms with E-state index in [9.17, 15) is 14.7 Å². The molecule has 0 radical (unpaired) electrons. The Kier molecular flexibility index (Phi) is 3.40. The number of hydrogen-bond donors (Lipinski definition) is 1. The summed E-state index contributed by atoms with van der Waals surface area (Å²) in [5.74, 6) is -0.153. The first-order chi connectivity index (χ1) is 8.03. The third kappa shape index (κ3) is 2.45.